The van der Waals surface area contributed by atoms with Crippen LogP contribution in [0.4, 0.5) is 0 Å². The first-order valence-corrected chi connectivity index (χ1v) is 7.95. The average Bonchev–Trinajstić information content (AvgIpc) is 2.80. The van der Waals surface area contributed by atoms with Crippen LogP contribution in [0, 0.1) is 5.92 Å². The van der Waals surface area contributed by atoms with Crippen LogP contribution in [-0.2, 0) is 10.0 Å². The lowest BCUT2D eigenvalue weighted by Crippen LogP contribution is -2.45. The Morgan fingerprint density at radius 1 is 1.35 bits per heavy atom. The number of aliphatic hydroxyl groups excluding tert-OH is 1. The highest BCUT2D eigenvalue weighted by atomic mass is 32.2. The van der Waals surface area contributed by atoms with E-state index in [2.05, 4.69) is 5.32 Å². The van der Waals surface area contributed by atoms with E-state index >= 15 is 0 Å². The van der Waals surface area contributed by atoms with Crippen molar-refractivity contribution in [1.82, 2.24) is 9.62 Å². The van der Waals surface area contributed by atoms with Crippen LogP contribution in [0.15, 0.2) is 0 Å². The van der Waals surface area contributed by atoms with Crippen LogP contribution in [0.3, 0.4) is 0 Å². The Morgan fingerprint density at radius 3 is 2.82 bits per heavy atom. The van der Waals surface area contributed by atoms with Gasteiger partial charge in [0.2, 0.25) is 10.0 Å². The zero-order chi connectivity index (χ0) is 12.3. The second-order valence-corrected chi connectivity index (χ2v) is 7.25. The maximum atomic E-state index is 12.4. The molecule has 0 saturated carbocycles. The van der Waals surface area contributed by atoms with E-state index < -0.39 is 10.0 Å². The van der Waals surface area contributed by atoms with Crippen LogP contribution < -0.4 is 5.32 Å². The van der Waals surface area contributed by atoms with Crippen molar-refractivity contribution in [2.75, 3.05) is 32.8 Å². The summed E-state index contributed by atoms with van der Waals surface area (Å²) in [4.78, 5) is 0. The lowest BCUT2D eigenvalue weighted by atomic mass is 10.1. The molecule has 2 atom stereocenters. The topological polar surface area (TPSA) is 69.6 Å². The zero-order valence-electron chi connectivity index (χ0n) is 10.1. The summed E-state index contributed by atoms with van der Waals surface area (Å²) in [5, 5.41) is 11.8. The Bertz CT molecular complexity index is 339. The smallest absolute Gasteiger partial charge is 0.218 e. The summed E-state index contributed by atoms with van der Waals surface area (Å²) >= 11 is 0. The minimum atomic E-state index is -3.12. The van der Waals surface area contributed by atoms with Crippen molar-refractivity contribution >= 4 is 10.0 Å². The highest BCUT2D eigenvalue weighted by Gasteiger charge is 2.37. The van der Waals surface area contributed by atoms with E-state index in [0.29, 0.717) is 25.6 Å². The quantitative estimate of drug-likeness (QED) is 0.734. The average molecular weight is 262 g/mol. The van der Waals surface area contributed by atoms with Gasteiger partial charge in [0.05, 0.1) is 5.25 Å². The minimum absolute atomic E-state index is 0.156. The van der Waals surface area contributed by atoms with Crippen LogP contribution in [-0.4, -0.2) is 55.9 Å². The van der Waals surface area contributed by atoms with Crippen molar-refractivity contribution in [2.45, 2.75) is 30.9 Å². The monoisotopic (exact) mass is 262 g/mol. The molecule has 2 saturated heterocycles. The van der Waals surface area contributed by atoms with Gasteiger partial charge in [-0.25, -0.2) is 12.7 Å². The molecule has 0 amide bonds. The van der Waals surface area contributed by atoms with E-state index in [1.165, 1.54) is 0 Å². The third-order valence-corrected chi connectivity index (χ3v) is 6.11. The molecule has 2 aliphatic rings. The summed E-state index contributed by atoms with van der Waals surface area (Å²) in [5.41, 5.74) is 0. The van der Waals surface area contributed by atoms with E-state index in [-0.39, 0.29) is 11.9 Å². The van der Waals surface area contributed by atoms with Gasteiger partial charge in [-0.15, -0.1) is 0 Å². The first-order chi connectivity index (χ1) is 8.14. The van der Waals surface area contributed by atoms with Gasteiger partial charge in [-0.1, -0.05) is 0 Å². The van der Waals surface area contributed by atoms with Gasteiger partial charge in [0.25, 0.3) is 0 Å². The molecule has 0 radical (unpaired) electrons. The van der Waals surface area contributed by atoms with E-state index in [1.54, 1.807) is 4.31 Å². The van der Waals surface area contributed by atoms with Gasteiger partial charge in [0, 0.05) is 26.2 Å². The summed E-state index contributed by atoms with van der Waals surface area (Å²) in [6.45, 7) is 2.90. The van der Waals surface area contributed by atoms with E-state index in [1.807, 2.05) is 0 Å². The molecule has 0 aromatic heterocycles. The number of piperidine rings is 1. The molecule has 0 bridgehead atoms. The third-order valence-electron chi connectivity index (χ3n) is 3.82. The standard InChI is InChI=1S/C11H22N2O3S/c14-7-4-10-3-6-13(9-10)17(15,16)11-2-1-5-12-8-11/h10-12,14H,1-9H2. The molecular weight excluding hydrogens is 240 g/mol. The highest BCUT2D eigenvalue weighted by Crippen LogP contribution is 2.25. The number of nitrogens with one attached hydrogen (secondary N) is 1. The molecule has 6 heteroatoms. The Morgan fingerprint density at radius 2 is 2.18 bits per heavy atom. The van der Waals surface area contributed by atoms with E-state index in [4.69, 9.17) is 5.11 Å². The second-order valence-electron chi connectivity index (χ2n) is 5.04. The Balaban J connectivity index is 1.96. The summed E-state index contributed by atoms with van der Waals surface area (Å²) in [5.74, 6) is 0.339. The number of aliphatic hydroxyl groups is 1. The maximum Gasteiger partial charge on any atom is 0.218 e. The van der Waals surface area contributed by atoms with Crippen molar-refractivity contribution in [2.24, 2.45) is 5.92 Å². The largest absolute Gasteiger partial charge is 0.396 e. The van der Waals surface area contributed by atoms with E-state index in [0.717, 1.165) is 32.2 Å². The lowest BCUT2D eigenvalue weighted by Gasteiger charge is -2.27. The van der Waals surface area contributed by atoms with Crippen LogP contribution in [0.5, 0.6) is 0 Å². The van der Waals surface area contributed by atoms with Crippen LogP contribution >= 0.6 is 0 Å². The molecule has 2 aliphatic heterocycles. The van der Waals surface area contributed by atoms with Crippen LogP contribution in [0.2, 0.25) is 0 Å². The van der Waals surface area contributed by atoms with Crippen molar-refractivity contribution < 1.29 is 13.5 Å². The highest BCUT2D eigenvalue weighted by molar-refractivity contribution is 7.89. The summed E-state index contributed by atoms with van der Waals surface area (Å²) in [7, 11) is -3.12. The molecule has 0 aromatic carbocycles. The molecule has 2 fully saturated rings. The number of sulfonamides is 1. The fraction of sp³-hybridized carbons (Fsp3) is 1.00. The summed E-state index contributed by atoms with van der Waals surface area (Å²) in [6, 6.07) is 0. The van der Waals surface area contributed by atoms with Crippen molar-refractivity contribution in [1.29, 1.82) is 0 Å². The van der Waals surface area contributed by atoms with Gasteiger partial charge in [0.1, 0.15) is 0 Å². The van der Waals surface area contributed by atoms with Crippen LogP contribution in [0.1, 0.15) is 25.7 Å². The number of nitrogens with zero attached hydrogens (tertiary/aromatic N) is 1. The van der Waals surface area contributed by atoms with Crippen LogP contribution in [0.25, 0.3) is 0 Å². The molecule has 0 aromatic rings. The zero-order valence-corrected chi connectivity index (χ0v) is 11.0. The molecule has 2 rings (SSSR count). The van der Waals surface area contributed by atoms with Gasteiger partial charge in [0.15, 0.2) is 0 Å². The molecule has 0 aliphatic carbocycles. The first-order valence-electron chi connectivity index (χ1n) is 6.45. The van der Waals surface area contributed by atoms with Gasteiger partial charge in [-0.2, -0.15) is 0 Å². The fourth-order valence-corrected chi connectivity index (χ4v) is 4.72. The molecule has 17 heavy (non-hydrogen) atoms. The lowest BCUT2D eigenvalue weighted by molar-refractivity contribution is 0.259. The van der Waals surface area contributed by atoms with Gasteiger partial charge in [-0.05, 0) is 38.1 Å². The molecule has 0 spiro atoms. The van der Waals surface area contributed by atoms with Gasteiger partial charge < -0.3 is 10.4 Å². The molecule has 2 unspecified atom stereocenters. The Labute approximate surface area is 103 Å². The number of hydrogen-bond donors (Lipinski definition) is 2. The molecule has 100 valence electrons. The van der Waals surface area contributed by atoms with Crippen molar-refractivity contribution in [3.05, 3.63) is 0 Å². The molecule has 2 heterocycles. The SMILES string of the molecule is O=S(=O)(C1CCCNC1)N1CCC(CCO)C1. The van der Waals surface area contributed by atoms with Gasteiger partial charge in [-0.3, -0.25) is 0 Å². The fourth-order valence-electron chi connectivity index (χ4n) is 2.73. The first kappa shape index (κ1) is 13.3. The summed E-state index contributed by atoms with van der Waals surface area (Å²) in [6.07, 6.45) is 3.32. The molecular formula is C11H22N2O3S. The number of rotatable bonds is 4. The maximum absolute atomic E-state index is 12.4. The predicted octanol–water partition coefficient (Wildman–Crippen LogP) is -0.227. The van der Waals surface area contributed by atoms with Gasteiger partial charge >= 0.3 is 0 Å². The minimum Gasteiger partial charge on any atom is -0.396 e. The predicted molar refractivity (Wildman–Crippen MR) is 66.2 cm³/mol. The Hall–Kier alpha value is -0.170. The normalized spacial score (nSPS) is 31.8. The van der Waals surface area contributed by atoms with E-state index in [9.17, 15) is 8.42 Å². The number of hydrogen-bond acceptors (Lipinski definition) is 4. The molecule has 2 N–H and O–H groups in total. The third kappa shape index (κ3) is 2.99. The van der Waals surface area contributed by atoms with Crippen molar-refractivity contribution in [3.8, 4) is 0 Å². The molecule has 5 nitrogen and oxygen atoms in total. The summed E-state index contributed by atoms with van der Waals surface area (Å²) < 4.78 is 26.4. The second kappa shape index (κ2) is 5.65. The van der Waals surface area contributed by atoms with Crippen molar-refractivity contribution in [3.63, 3.8) is 0 Å². The Kier molecular flexibility index (Phi) is 4.41.